The van der Waals surface area contributed by atoms with Crippen LogP contribution in [0.3, 0.4) is 0 Å². The fourth-order valence-corrected chi connectivity index (χ4v) is 1.18. The molecule has 0 unspecified atom stereocenters. The van der Waals surface area contributed by atoms with Gasteiger partial charge in [-0.15, -0.1) is 0 Å². The van der Waals surface area contributed by atoms with Crippen LogP contribution in [0, 0.1) is 0 Å². The van der Waals surface area contributed by atoms with E-state index in [1.165, 1.54) is 0 Å². The number of nitrogens with zero attached hydrogens (tertiary/aromatic N) is 1. The SMILES string of the molecule is NCCOc1ccc2cn[nH]c2c1. The van der Waals surface area contributed by atoms with Gasteiger partial charge in [-0.3, -0.25) is 5.10 Å². The molecular weight excluding hydrogens is 166 g/mol. The number of hydrogen-bond acceptors (Lipinski definition) is 3. The number of aromatic amines is 1. The first kappa shape index (κ1) is 8.07. The third-order valence-corrected chi connectivity index (χ3v) is 1.80. The molecule has 0 fully saturated rings. The number of nitrogens with two attached hydrogens (primary N) is 1. The lowest BCUT2D eigenvalue weighted by atomic mass is 10.2. The van der Waals surface area contributed by atoms with Gasteiger partial charge in [0.05, 0.1) is 11.7 Å². The summed E-state index contributed by atoms with van der Waals surface area (Å²) in [5.41, 5.74) is 6.30. The minimum atomic E-state index is 0.529. The number of fused-ring (bicyclic) bond motifs is 1. The van der Waals surface area contributed by atoms with Gasteiger partial charge in [0, 0.05) is 18.0 Å². The molecule has 68 valence electrons. The van der Waals surface area contributed by atoms with Crippen molar-refractivity contribution in [2.45, 2.75) is 0 Å². The monoisotopic (exact) mass is 177 g/mol. The van der Waals surface area contributed by atoms with Crippen molar-refractivity contribution in [3.63, 3.8) is 0 Å². The zero-order valence-electron chi connectivity index (χ0n) is 7.16. The minimum absolute atomic E-state index is 0.529. The van der Waals surface area contributed by atoms with Crippen LogP contribution in [0.5, 0.6) is 5.75 Å². The highest BCUT2D eigenvalue weighted by Gasteiger charge is 1.97. The van der Waals surface area contributed by atoms with Gasteiger partial charge in [0.2, 0.25) is 0 Å². The highest BCUT2D eigenvalue weighted by atomic mass is 16.5. The van der Waals surface area contributed by atoms with Crippen molar-refractivity contribution in [1.29, 1.82) is 0 Å². The molecule has 0 aliphatic rings. The Kier molecular flexibility index (Phi) is 2.14. The molecule has 0 amide bonds. The average Bonchev–Trinajstić information content (AvgIpc) is 2.61. The fraction of sp³-hybridized carbons (Fsp3) is 0.222. The number of ether oxygens (including phenoxy) is 1. The summed E-state index contributed by atoms with van der Waals surface area (Å²) in [4.78, 5) is 0. The van der Waals surface area contributed by atoms with Crippen molar-refractivity contribution in [2.24, 2.45) is 5.73 Å². The standard InChI is InChI=1S/C9H11N3O/c10-3-4-13-8-2-1-7-6-11-12-9(7)5-8/h1-2,5-6H,3-4,10H2,(H,11,12). The van der Waals surface area contributed by atoms with Gasteiger partial charge in [0.15, 0.2) is 0 Å². The normalized spacial score (nSPS) is 10.5. The molecule has 0 radical (unpaired) electrons. The van der Waals surface area contributed by atoms with Crippen LogP contribution in [-0.2, 0) is 0 Å². The van der Waals surface area contributed by atoms with Crippen molar-refractivity contribution in [1.82, 2.24) is 10.2 Å². The van der Waals surface area contributed by atoms with Crippen LogP contribution < -0.4 is 10.5 Å². The van der Waals surface area contributed by atoms with Crippen LogP contribution in [-0.4, -0.2) is 23.3 Å². The molecule has 1 aromatic heterocycles. The van der Waals surface area contributed by atoms with Gasteiger partial charge in [-0.2, -0.15) is 5.10 Å². The predicted molar refractivity (Wildman–Crippen MR) is 50.6 cm³/mol. The Morgan fingerprint density at radius 2 is 2.38 bits per heavy atom. The van der Waals surface area contributed by atoms with E-state index < -0.39 is 0 Å². The van der Waals surface area contributed by atoms with Gasteiger partial charge in [0.1, 0.15) is 12.4 Å². The Labute approximate surface area is 75.7 Å². The molecule has 0 atom stereocenters. The molecule has 4 heteroatoms. The Hall–Kier alpha value is -1.55. The first-order valence-electron chi connectivity index (χ1n) is 4.16. The van der Waals surface area contributed by atoms with E-state index in [2.05, 4.69) is 10.2 Å². The van der Waals surface area contributed by atoms with Crippen molar-refractivity contribution in [3.05, 3.63) is 24.4 Å². The van der Waals surface area contributed by atoms with Gasteiger partial charge >= 0.3 is 0 Å². The molecule has 2 aromatic rings. The molecule has 1 heterocycles. The van der Waals surface area contributed by atoms with E-state index in [-0.39, 0.29) is 0 Å². The molecule has 2 rings (SSSR count). The van der Waals surface area contributed by atoms with Crippen LogP contribution in [0.2, 0.25) is 0 Å². The van der Waals surface area contributed by atoms with Crippen LogP contribution in [0.15, 0.2) is 24.4 Å². The molecule has 0 spiro atoms. The third kappa shape index (κ3) is 1.62. The van der Waals surface area contributed by atoms with E-state index >= 15 is 0 Å². The van der Waals surface area contributed by atoms with Crippen LogP contribution in [0.25, 0.3) is 10.9 Å². The number of H-pyrrole nitrogens is 1. The first-order chi connectivity index (χ1) is 6.40. The Balaban J connectivity index is 2.26. The maximum absolute atomic E-state index is 5.36. The largest absolute Gasteiger partial charge is 0.492 e. The number of nitrogens with one attached hydrogen (secondary N) is 1. The van der Waals surface area contributed by atoms with Crippen LogP contribution in [0.1, 0.15) is 0 Å². The van der Waals surface area contributed by atoms with Crippen LogP contribution >= 0.6 is 0 Å². The van der Waals surface area contributed by atoms with Gasteiger partial charge in [0.25, 0.3) is 0 Å². The summed E-state index contributed by atoms with van der Waals surface area (Å²) in [6.07, 6.45) is 1.78. The fourth-order valence-electron chi connectivity index (χ4n) is 1.18. The summed E-state index contributed by atoms with van der Waals surface area (Å²) < 4.78 is 5.36. The van der Waals surface area contributed by atoms with E-state index in [4.69, 9.17) is 10.5 Å². The summed E-state index contributed by atoms with van der Waals surface area (Å²) >= 11 is 0. The Morgan fingerprint density at radius 1 is 1.46 bits per heavy atom. The number of rotatable bonds is 3. The molecule has 0 saturated heterocycles. The lowest BCUT2D eigenvalue weighted by molar-refractivity contribution is 0.328. The second kappa shape index (κ2) is 3.45. The number of benzene rings is 1. The molecule has 0 saturated carbocycles. The van der Waals surface area contributed by atoms with Gasteiger partial charge in [-0.1, -0.05) is 0 Å². The minimum Gasteiger partial charge on any atom is -0.492 e. The lowest BCUT2D eigenvalue weighted by Gasteiger charge is -2.03. The van der Waals surface area contributed by atoms with Crippen molar-refractivity contribution < 1.29 is 4.74 Å². The zero-order chi connectivity index (χ0) is 9.10. The van der Waals surface area contributed by atoms with Crippen molar-refractivity contribution in [3.8, 4) is 5.75 Å². The van der Waals surface area contributed by atoms with Gasteiger partial charge < -0.3 is 10.5 Å². The quantitative estimate of drug-likeness (QED) is 0.732. The van der Waals surface area contributed by atoms with Crippen molar-refractivity contribution in [2.75, 3.05) is 13.2 Å². The summed E-state index contributed by atoms with van der Waals surface area (Å²) in [5, 5.41) is 7.88. The van der Waals surface area contributed by atoms with E-state index in [0.29, 0.717) is 13.2 Å². The molecule has 13 heavy (non-hydrogen) atoms. The third-order valence-electron chi connectivity index (χ3n) is 1.80. The average molecular weight is 177 g/mol. The summed E-state index contributed by atoms with van der Waals surface area (Å²) in [6.45, 7) is 1.07. The zero-order valence-corrected chi connectivity index (χ0v) is 7.16. The molecular formula is C9H11N3O. The predicted octanol–water partition coefficient (Wildman–Crippen LogP) is 0.900. The van der Waals surface area contributed by atoms with Crippen molar-refractivity contribution >= 4 is 10.9 Å². The maximum Gasteiger partial charge on any atom is 0.121 e. The second-order valence-corrected chi connectivity index (χ2v) is 2.76. The van der Waals surface area contributed by atoms with Crippen LogP contribution in [0.4, 0.5) is 0 Å². The Morgan fingerprint density at radius 3 is 3.23 bits per heavy atom. The summed E-state index contributed by atoms with van der Waals surface area (Å²) in [5.74, 6) is 0.821. The molecule has 1 aromatic carbocycles. The first-order valence-corrected chi connectivity index (χ1v) is 4.16. The van der Waals surface area contributed by atoms with Gasteiger partial charge in [-0.25, -0.2) is 0 Å². The topological polar surface area (TPSA) is 63.9 Å². The highest BCUT2D eigenvalue weighted by molar-refractivity contribution is 5.79. The molecule has 0 aliphatic heterocycles. The van der Waals surface area contributed by atoms with E-state index in [1.54, 1.807) is 6.20 Å². The van der Waals surface area contributed by atoms with E-state index in [9.17, 15) is 0 Å². The molecule has 4 nitrogen and oxygen atoms in total. The highest BCUT2D eigenvalue weighted by Crippen LogP contribution is 2.17. The molecule has 0 aliphatic carbocycles. The van der Waals surface area contributed by atoms with E-state index in [1.807, 2.05) is 18.2 Å². The molecule has 0 bridgehead atoms. The van der Waals surface area contributed by atoms with Gasteiger partial charge in [-0.05, 0) is 12.1 Å². The number of hydrogen-bond donors (Lipinski definition) is 2. The Bertz CT molecular complexity index is 396. The maximum atomic E-state index is 5.36. The second-order valence-electron chi connectivity index (χ2n) is 2.76. The van der Waals surface area contributed by atoms with E-state index in [0.717, 1.165) is 16.7 Å². The summed E-state index contributed by atoms with van der Waals surface area (Å²) in [7, 11) is 0. The molecule has 3 N–H and O–H groups in total. The number of aromatic nitrogens is 2. The lowest BCUT2D eigenvalue weighted by Crippen LogP contribution is -2.10. The summed E-state index contributed by atoms with van der Waals surface area (Å²) in [6, 6.07) is 5.79. The smallest absolute Gasteiger partial charge is 0.121 e.